The number of hydrogen-bond donors (Lipinski definition) is 1. The number of hydrogen-bond acceptors (Lipinski definition) is 6. The Morgan fingerprint density at radius 3 is 2.85 bits per heavy atom. The van der Waals surface area contributed by atoms with Crippen molar-refractivity contribution < 1.29 is 14.3 Å². The molecule has 0 unspecified atom stereocenters. The maximum Gasteiger partial charge on any atom is 0.230 e. The largest absolute Gasteiger partial charge is 0.378 e. The molecule has 0 spiro atoms. The van der Waals surface area contributed by atoms with E-state index in [9.17, 15) is 4.79 Å². The number of carbonyl (C=O) groups is 1. The van der Waals surface area contributed by atoms with E-state index in [-0.39, 0.29) is 11.8 Å². The van der Waals surface area contributed by atoms with Gasteiger partial charge in [-0.15, -0.1) is 0 Å². The number of morpholine rings is 1. The lowest BCUT2D eigenvalue weighted by atomic mass is 9.94. The molecule has 4 atom stereocenters. The lowest BCUT2D eigenvalue weighted by Gasteiger charge is -2.31. The quantitative estimate of drug-likeness (QED) is 0.709. The van der Waals surface area contributed by atoms with E-state index in [0.29, 0.717) is 24.7 Å². The third kappa shape index (κ3) is 4.16. The van der Waals surface area contributed by atoms with Gasteiger partial charge in [-0.2, -0.15) is 0 Å². The van der Waals surface area contributed by atoms with Gasteiger partial charge in [0, 0.05) is 36.5 Å². The number of anilines is 4. The Hall–Kier alpha value is -2.64. The molecule has 1 N–H and O–H groups in total. The summed E-state index contributed by atoms with van der Waals surface area (Å²) in [7, 11) is 0. The number of aromatic nitrogens is 1. The molecule has 1 saturated carbocycles. The Bertz CT molecular complexity index is 1040. The molecule has 4 heterocycles. The first-order valence-electron chi connectivity index (χ1n) is 12.8. The van der Waals surface area contributed by atoms with Gasteiger partial charge in [-0.25, -0.2) is 4.98 Å². The van der Waals surface area contributed by atoms with Crippen molar-refractivity contribution in [1.29, 1.82) is 0 Å². The molecular formula is C27H34N4O3. The highest BCUT2D eigenvalue weighted by molar-refractivity contribution is 6.00. The molecule has 34 heavy (non-hydrogen) atoms. The van der Waals surface area contributed by atoms with Crippen LogP contribution < -0.4 is 15.1 Å². The molecule has 6 rings (SSSR count). The predicted molar refractivity (Wildman–Crippen MR) is 133 cm³/mol. The molecule has 180 valence electrons. The van der Waals surface area contributed by atoms with E-state index in [0.717, 1.165) is 86.9 Å². The Morgan fingerprint density at radius 2 is 1.97 bits per heavy atom. The van der Waals surface area contributed by atoms with Crippen molar-refractivity contribution in [2.24, 2.45) is 11.8 Å². The average Bonchev–Trinajstić information content (AvgIpc) is 3.02. The number of ether oxygens (including phenoxy) is 2. The van der Waals surface area contributed by atoms with Crippen LogP contribution >= 0.6 is 0 Å². The molecule has 1 aromatic heterocycles. The third-order valence-electron chi connectivity index (χ3n) is 7.99. The van der Waals surface area contributed by atoms with Crippen molar-refractivity contribution in [2.75, 3.05) is 41.4 Å². The number of carbonyl (C=O) groups excluding carboxylic acids is 1. The zero-order chi connectivity index (χ0) is 23.1. The second kappa shape index (κ2) is 9.19. The second-order valence-corrected chi connectivity index (χ2v) is 10.2. The molecule has 4 aliphatic rings. The summed E-state index contributed by atoms with van der Waals surface area (Å²) in [6.45, 7) is 5.91. The first-order chi connectivity index (χ1) is 16.7. The summed E-state index contributed by atoms with van der Waals surface area (Å²) in [5.74, 6) is 1.69. The number of benzene rings is 1. The smallest absolute Gasteiger partial charge is 0.230 e. The first kappa shape index (κ1) is 21.9. The van der Waals surface area contributed by atoms with Gasteiger partial charge in [0.05, 0.1) is 43.3 Å². The number of fused-ring (bicyclic) bond motifs is 3. The van der Waals surface area contributed by atoms with E-state index < -0.39 is 0 Å². The summed E-state index contributed by atoms with van der Waals surface area (Å²) in [4.78, 5) is 23.0. The van der Waals surface area contributed by atoms with E-state index in [1.807, 2.05) is 11.0 Å². The van der Waals surface area contributed by atoms with Crippen molar-refractivity contribution in [2.45, 2.75) is 57.8 Å². The highest BCUT2D eigenvalue weighted by atomic mass is 16.5. The Morgan fingerprint density at radius 1 is 1.12 bits per heavy atom. The van der Waals surface area contributed by atoms with Crippen LogP contribution in [0.2, 0.25) is 0 Å². The van der Waals surface area contributed by atoms with Crippen molar-refractivity contribution >= 4 is 28.8 Å². The van der Waals surface area contributed by atoms with Crippen LogP contribution in [0.3, 0.4) is 0 Å². The summed E-state index contributed by atoms with van der Waals surface area (Å²) in [5, 5.41) is 3.50. The number of nitrogens with zero attached hydrogens (tertiary/aromatic N) is 3. The fourth-order valence-electron chi connectivity index (χ4n) is 6.17. The van der Waals surface area contributed by atoms with Gasteiger partial charge in [-0.3, -0.25) is 4.79 Å². The maximum absolute atomic E-state index is 14.1. The molecule has 7 nitrogen and oxygen atoms in total. The molecule has 0 bridgehead atoms. The van der Waals surface area contributed by atoms with Crippen LogP contribution in [0.1, 0.15) is 44.6 Å². The van der Waals surface area contributed by atoms with Gasteiger partial charge < -0.3 is 24.6 Å². The average molecular weight is 463 g/mol. The van der Waals surface area contributed by atoms with Crippen molar-refractivity contribution in [3.05, 3.63) is 42.1 Å². The highest BCUT2D eigenvalue weighted by Gasteiger charge is 2.39. The van der Waals surface area contributed by atoms with E-state index >= 15 is 0 Å². The summed E-state index contributed by atoms with van der Waals surface area (Å²) in [6, 6.07) is 10.4. The predicted octanol–water partition coefficient (Wildman–Crippen LogP) is 4.49. The summed E-state index contributed by atoms with van der Waals surface area (Å²) >= 11 is 0. The molecule has 1 aliphatic carbocycles. The van der Waals surface area contributed by atoms with Gasteiger partial charge in [0.1, 0.15) is 5.82 Å². The Balaban J connectivity index is 1.32. The highest BCUT2D eigenvalue weighted by Crippen LogP contribution is 2.42. The van der Waals surface area contributed by atoms with Crippen LogP contribution in [0.4, 0.5) is 22.9 Å². The van der Waals surface area contributed by atoms with E-state index in [2.05, 4.69) is 46.4 Å². The van der Waals surface area contributed by atoms with Crippen molar-refractivity contribution in [3.8, 4) is 0 Å². The molecular weight excluding hydrogens is 428 g/mol. The van der Waals surface area contributed by atoms with E-state index in [1.165, 1.54) is 0 Å². The minimum absolute atomic E-state index is 0.0302. The molecule has 1 aromatic carbocycles. The third-order valence-corrected chi connectivity index (χ3v) is 7.99. The van der Waals surface area contributed by atoms with Gasteiger partial charge in [-0.1, -0.05) is 6.07 Å². The van der Waals surface area contributed by atoms with Crippen LogP contribution in [-0.2, 0) is 20.8 Å². The van der Waals surface area contributed by atoms with Crippen LogP contribution in [0.5, 0.6) is 0 Å². The van der Waals surface area contributed by atoms with Crippen molar-refractivity contribution in [3.63, 3.8) is 0 Å². The molecule has 2 saturated heterocycles. The monoisotopic (exact) mass is 462 g/mol. The van der Waals surface area contributed by atoms with E-state index in [1.54, 1.807) is 6.20 Å². The standard InChI is InChI=1S/C27H34N4O3/c1-18-15-20-5-4-19(6-9-25(20)34-18)27(32)31-17-21-3-2-10-28-26(21)29-23-8-7-22(16-24(23)31)30-11-13-33-14-12-30/h2-3,7-8,10,16,18-20,25H,4-6,9,11-15,17H2,1H3,(H,28,29)/t18-,19+,20+,25+/m1/s1. The van der Waals surface area contributed by atoms with E-state index in [4.69, 9.17) is 9.47 Å². The van der Waals surface area contributed by atoms with Crippen LogP contribution in [0.25, 0.3) is 0 Å². The van der Waals surface area contributed by atoms with Gasteiger partial charge >= 0.3 is 0 Å². The van der Waals surface area contributed by atoms with Gasteiger partial charge in [0.2, 0.25) is 5.91 Å². The molecule has 0 radical (unpaired) electrons. The van der Waals surface area contributed by atoms with Gasteiger partial charge in [-0.05, 0) is 69.2 Å². The van der Waals surface area contributed by atoms with Crippen LogP contribution in [0, 0.1) is 11.8 Å². The summed E-state index contributed by atoms with van der Waals surface area (Å²) < 4.78 is 11.7. The molecule has 3 fully saturated rings. The Kier molecular flexibility index (Phi) is 5.91. The van der Waals surface area contributed by atoms with Gasteiger partial charge in [0.25, 0.3) is 0 Å². The topological polar surface area (TPSA) is 66.9 Å². The fourth-order valence-corrected chi connectivity index (χ4v) is 6.17. The number of nitrogens with one attached hydrogen (secondary N) is 1. The minimum Gasteiger partial charge on any atom is -0.378 e. The van der Waals surface area contributed by atoms with Crippen LogP contribution in [-0.4, -0.2) is 49.4 Å². The lowest BCUT2D eigenvalue weighted by molar-refractivity contribution is -0.123. The number of pyridine rings is 1. The zero-order valence-electron chi connectivity index (χ0n) is 19.9. The molecule has 1 amide bonds. The SMILES string of the molecule is C[C@@H]1C[C@@H]2CC[C@H](C(=O)N3Cc4cccnc4Nc4ccc(N5CCOCC5)cc43)CC[C@@H]2O1. The lowest BCUT2D eigenvalue weighted by Crippen LogP contribution is -2.37. The summed E-state index contributed by atoms with van der Waals surface area (Å²) in [5.41, 5.74) is 4.06. The minimum atomic E-state index is 0.0302. The maximum atomic E-state index is 14.1. The van der Waals surface area contributed by atoms with Crippen LogP contribution in [0.15, 0.2) is 36.5 Å². The number of amides is 1. The van der Waals surface area contributed by atoms with Gasteiger partial charge in [0.15, 0.2) is 0 Å². The summed E-state index contributed by atoms with van der Waals surface area (Å²) in [6.07, 6.45) is 7.51. The number of rotatable bonds is 2. The normalized spacial score (nSPS) is 28.7. The molecule has 7 heteroatoms. The zero-order valence-corrected chi connectivity index (χ0v) is 19.9. The van der Waals surface area contributed by atoms with Crippen molar-refractivity contribution in [1.82, 2.24) is 4.98 Å². The molecule has 2 aromatic rings. The Labute approximate surface area is 201 Å². The second-order valence-electron chi connectivity index (χ2n) is 10.2. The fraction of sp³-hybridized carbons (Fsp3) is 0.556. The molecule has 3 aliphatic heterocycles. The first-order valence-corrected chi connectivity index (χ1v) is 12.8.